The first-order valence-corrected chi connectivity index (χ1v) is 5.49. The molecule has 1 unspecified atom stereocenters. The molecule has 0 aliphatic heterocycles. The molecule has 0 aromatic carbocycles. The molecule has 6 nitrogen and oxygen atoms in total. The highest BCUT2D eigenvalue weighted by atomic mass is 32.1. The Labute approximate surface area is 96.1 Å². The molecule has 16 heavy (non-hydrogen) atoms. The van der Waals surface area contributed by atoms with Crippen LogP contribution >= 0.6 is 11.3 Å². The van der Waals surface area contributed by atoms with Crippen LogP contribution < -0.4 is 5.32 Å². The van der Waals surface area contributed by atoms with Gasteiger partial charge in [-0.3, -0.25) is 14.9 Å². The quantitative estimate of drug-likeness (QED) is 0.597. The lowest BCUT2D eigenvalue weighted by Crippen LogP contribution is -2.28. The van der Waals surface area contributed by atoms with Crippen LogP contribution in [-0.2, 0) is 0 Å². The normalized spacial score (nSPS) is 12.1. The summed E-state index contributed by atoms with van der Waals surface area (Å²) < 4.78 is 0. The Kier molecular flexibility index (Phi) is 4.39. The van der Waals surface area contributed by atoms with Gasteiger partial charge in [0.15, 0.2) is 0 Å². The Bertz CT molecular complexity index is 391. The van der Waals surface area contributed by atoms with Gasteiger partial charge in [-0.1, -0.05) is 18.3 Å². The first-order chi connectivity index (χ1) is 7.54. The van der Waals surface area contributed by atoms with Crippen molar-refractivity contribution < 1.29 is 14.8 Å². The molecule has 2 N–H and O–H groups in total. The number of amides is 1. The minimum Gasteiger partial charge on any atom is -0.396 e. The topological polar surface area (TPSA) is 92.5 Å². The fraction of sp³-hybridized carbons (Fsp3) is 0.444. The van der Waals surface area contributed by atoms with Gasteiger partial charge >= 0.3 is 5.00 Å². The smallest absolute Gasteiger partial charge is 0.324 e. The van der Waals surface area contributed by atoms with E-state index in [4.69, 9.17) is 5.11 Å². The third kappa shape index (κ3) is 3.28. The number of rotatable bonds is 5. The average Bonchev–Trinajstić information content (AvgIpc) is 2.74. The number of nitrogens with one attached hydrogen (secondary N) is 1. The van der Waals surface area contributed by atoms with Crippen molar-refractivity contribution in [2.24, 2.45) is 5.92 Å². The summed E-state index contributed by atoms with van der Waals surface area (Å²) in [6.07, 6.45) is 0. The first-order valence-electron chi connectivity index (χ1n) is 4.68. The largest absolute Gasteiger partial charge is 0.396 e. The van der Waals surface area contributed by atoms with Crippen LogP contribution in [0.4, 0.5) is 5.00 Å². The predicted molar refractivity (Wildman–Crippen MR) is 59.6 cm³/mol. The van der Waals surface area contributed by atoms with Gasteiger partial charge in [-0.15, -0.1) is 0 Å². The zero-order valence-electron chi connectivity index (χ0n) is 8.67. The van der Waals surface area contributed by atoms with Crippen LogP contribution in [0.3, 0.4) is 0 Å². The Morgan fingerprint density at radius 3 is 2.88 bits per heavy atom. The lowest BCUT2D eigenvalue weighted by Gasteiger charge is -2.07. The molecule has 0 saturated heterocycles. The van der Waals surface area contributed by atoms with Gasteiger partial charge in [0.2, 0.25) is 0 Å². The van der Waals surface area contributed by atoms with E-state index < -0.39 is 4.92 Å². The fourth-order valence-electron chi connectivity index (χ4n) is 0.966. The van der Waals surface area contributed by atoms with Gasteiger partial charge in [0.25, 0.3) is 5.91 Å². The van der Waals surface area contributed by atoms with E-state index in [-0.39, 0.29) is 23.4 Å². The summed E-state index contributed by atoms with van der Waals surface area (Å²) in [5, 5.41) is 21.7. The molecule has 1 rings (SSSR count). The van der Waals surface area contributed by atoms with E-state index in [1.54, 1.807) is 6.92 Å². The predicted octanol–water partition coefficient (Wildman–Crippen LogP) is 1.01. The monoisotopic (exact) mass is 244 g/mol. The summed E-state index contributed by atoms with van der Waals surface area (Å²) in [6, 6.07) is 2.72. The molecule has 0 spiro atoms. The summed E-state index contributed by atoms with van der Waals surface area (Å²) in [5.74, 6) is -0.378. The third-order valence-electron chi connectivity index (χ3n) is 1.92. The van der Waals surface area contributed by atoms with E-state index in [1.807, 2.05) is 0 Å². The van der Waals surface area contributed by atoms with Gasteiger partial charge < -0.3 is 10.4 Å². The van der Waals surface area contributed by atoms with Crippen molar-refractivity contribution in [1.82, 2.24) is 5.32 Å². The molecule has 1 amide bonds. The van der Waals surface area contributed by atoms with E-state index in [0.29, 0.717) is 11.4 Å². The second-order valence-electron chi connectivity index (χ2n) is 3.39. The molecule has 0 aliphatic carbocycles. The summed E-state index contributed by atoms with van der Waals surface area (Å²) in [4.78, 5) is 21.7. The molecule has 0 bridgehead atoms. The molecule has 0 aliphatic rings. The molecule has 1 heterocycles. The van der Waals surface area contributed by atoms with Crippen LogP contribution in [-0.4, -0.2) is 29.1 Å². The highest BCUT2D eigenvalue weighted by Gasteiger charge is 2.15. The fourth-order valence-corrected chi connectivity index (χ4v) is 1.70. The Morgan fingerprint density at radius 1 is 1.69 bits per heavy atom. The molecular formula is C9H12N2O4S. The molecule has 0 radical (unpaired) electrons. The van der Waals surface area contributed by atoms with Crippen LogP contribution in [0.25, 0.3) is 0 Å². The van der Waals surface area contributed by atoms with E-state index in [9.17, 15) is 14.9 Å². The highest BCUT2D eigenvalue weighted by Crippen LogP contribution is 2.23. The van der Waals surface area contributed by atoms with Crippen molar-refractivity contribution in [2.75, 3.05) is 13.2 Å². The van der Waals surface area contributed by atoms with E-state index in [1.165, 1.54) is 12.1 Å². The summed E-state index contributed by atoms with van der Waals surface area (Å²) in [6.45, 7) is 2.13. The molecule has 1 atom stereocenters. The van der Waals surface area contributed by atoms with Crippen molar-refractivity contribution in [3.63, 3.8) is 0 Å². The van der Waals surface area contributed by atoms with Crippen molar-refractivity contribution in [3.8, 4) is 0 Å². The molecule has 1 aromatic rings. The maximum atomic E-state index is 11.5. The summed E-state index contributed by atoms with van der Waals surface area (Å²) in [7, 11) is 0. The number of aliphatic hydroxyl groups is 1. The van der Waals surface area contributed by atoms with Gasteiger partial charge in [0.05, 0.1) is 9.80 Å². The number of aliphatic hydroxyl groups excluding tert-OH is 1. The number of hydrogen-bond acceptors (Lipinski definition) is 5. The molecular weight excluding hydrogens is 232 g/mol. The average molecular weight is 244 g/mol. The van der Waals surface area contributed by atoms with Crippen LogP contribution in [0.5, 0.6) is 0 Å². The van der Waals surface area contributed by atoms with Crippen LogP contribution in [0, 0.1) is 16.0 Å². The van der Waals surface area contributed by atoms with E-state index in [2.05, 4.69) is 5.32 Å². The first kappa shape index (κ1) is 12.6. The minimum atomic E-state index is -0.530. The second kappa shape index (κ2) is 5.57. The number of carbonyl (C=O) groups excluding carboxylic acids is 1. The number of nitrogens with zero attached hydrogens (tertiary/aromatic N) is 1. The standard InChI is InChI=1S/C9H12N2O4S/c1-6(5-12)4-10-9(13)7-2-3-8(16-7)11(14)15/h2-3,6,12H,4-5H2,1H3,(H,10,13). The van der Waals surface area contributed by atoms with Gasteiger partial charge in [-0.2, -0.15) is 0 Å². The number of thiophene rings is 1. The van der Waals surface area contributed by atoms with Crippen molar-refractivity contribution in [2.45, 2.75) is 6.92 Å². The van der Waals surface area contributed by atoms with Gasteiger partial charge in [-0.05, 0) is 12.0 Å². The number of carbonyl (C=O) groups is 1. The van der Waals surface area contributed by atoms with Crippen molar-refractivity contribution in [3.05, 3.63) is 27.1 Å². The number of nitro groups is 1. The zero-order chi connectivity index (χ0) is 12.1. The lowest BCUT2D eigenvalue weighted by atomic mass is 10.2. The minimum absolute atomic E-state index is 0.00906. The van der Waals surface area contributed by atoms with Crippen LogP contribution in [0.2, 0.25) is 0 Å². The van der Waals surface area contributed by atoms with Gasteiger partial charge in [0.1, 0.15) is 0 Å². The summed E-state index contributed by atoms with van der Waals surface area (Å²) in [5.41, 5.74) is 0. The van der Waals surface area contributed by atoms with Crippen molar-refractivity contribution >= 4 is 22.2 Å². The highest BCUT2D eigenvalue weighted by molar-refractivity contribution is 7.17. The van der Waals surface area contributed by atoms with Gasteiger partial charge in [0, 0.05) is 19.2 Å². The molecule has 7 heteroatoms. The summed E-state index contributed by atoms with van der Waals surface area (Å²) >= 11 is 0.835. The van der Waals surface area contributed by atoms with Crippen LogP contribution in [0.15, 0.2) is 12.1 Å². The Hall–Kier alpha value is -1.47. The van der Waals surface area contributed by atoms with E-state index in [0.717, 1.165) is 11.3 Å². The second-order valence-corrected chi connectivity index (χ2v) is 4.45. The number of hydrogen-bond donors (Lipinski definition) is 2. The molecule has 88 valence electrons. The molecule has 0 saturated carbocycles. The molecule has 1 aromatic heterocycles. The Balaban J connectivity index is 2.56. The maximum absolute atomic E-state index is 11.5. The third-order valence-corrected chi connectivity index (χ3v) is 2.95. The Morgan fingerprint density at radius 2 is 2.38 bits per heavy atom. The van der Waals surface area contributed by atoms with E-state index >= 15 is 0 Å². The maximum Gasteiger partial charge on any atom is 0.324 e. The molecule has 0 fully saturated rings. The lowest BCUT2D eigenvalue weighted by molar-refractivity contribution is -0.380. The van der Waals surface area contributed by atoms with Crippen molar-refractivity contribution in [1.29, 1.82) is 0 Å². The van der Waals surface area contributed by atoms with Gasteiger partial charge in [-0.25, -0.2) is 0 Å². The zero-order valence-corrected chi connectivity index (χ0v) is 9.49. The van der Waals surface area contributed by atoms with Crippen LogP contribution in [0.1, 0.15) is 16.6 Å². The SMILES string of the molecule is CC(CO)CNC(=O)c1ccc([N+](=O)[O-])s1.